The summed E-state index contributed by atoms with van der Waals surface area (Å²) >= 11 is 0. The summed E-state index contributed by atoms with van der Waals surface area (Å²) in [4.78, 5) is 16.6. The molecule has 4 rings (SSSR count). The second-order valence-electron chi connectivity index (χ2n) is 6.49. The Bertz CT molecular complexity index is 1100. The van der Waals surface area contributed by atoms with Gasteiger partial charge >= 0.3 is 0 Å². The molecule has 0 unspecified atom stereocenters. The van der Waals surface area contributed by atoms with Crippen LogP contribution in [-0.4, -0.2) is 30.9 Å². The second kappa shape index (κ2) is 7.48. The lowest BCUT2D eigenvalue weighted by molar-refractivity contribution is 0.0946. The van der Waals surface area contributed by atoms with Gasteiger partial charge in [0.25, 0.3) is 5.91 Å². The van der Waals surface area contributed by atoms with Gasteiger partial charge in [0, 0.05) is 35.8 Å². The SMILES string of the molecule is Cc1nn(-c2ccccc2)c(C)c1CNC(=O)c1cc(-c2cccnc2)n[nH]1. The highest BCUT2D eigenvalue weighted by atomic mass is 16.1. The zero-order valence-corrected chi connectivity index (χ0v) is 15.7. The second-order valence-corrected chi connectivity index (χ2v) is 6.49. The highest BCUT2D eigenvalue weighted by Crippen LogP contribution is 2.18. The van der Waals surface area contributed by atoms with E-state index in [4.69, 9.17) is 0 Å². The molecule has 3 heterocycles. The van der Waals surface area contributed by atoms with Crippen LogP contribution in [0.5, 0.6) is 0 Å². The van der Waals surface area contributed by atoms with E-state index in [1.807, 2.05) is 61.0 Å². The zero-order chi connectivity index (χ0) is 19.5. The zero-order valence-electron chi connectivity index (χ0n) is 15.7. The van der Waals surface area contributed by atoms with Gasteiger partial charge in [-0.05, 0) is 44.2 Å². The topological polar surface area (TPSA) is 88.5 Å². The van der Waals surface area contributed by atoms with Crippen molar-refractivity contribution in [3.05, 3.63) is 83.6 Å². The van der Waals surface area contributed by atoms with Gasteiger partial charge in [-0.3, -0.25) is 14.9 Å². The standard InChI is InChI=1S/C21H20N6O/c1-14-18(15(2)27(26-14)17-8-4-3-5-9-17)13-23-21(28)20-11-19(24-25-20)16-7-6-10-22-12-16/h3-12H,13H2,1-2H3,(H,23,28)(H,24,25). The van der Waals surface area contributed by atoms with Crippen molar-refractivity contribution in [3.8, 4) is 16.9 Å². The van der Waals surface area contributed by atoms with Gasteiger partial charge in [-0.1, -0.05) is 18.2 Å². The average molecular weight is 372 g/mol. The minimum atomic E-state index is -0.214. The van der Waals surface area contributed by atoms with Crippen molar-refractivity contribution in [1.82, 2.24) is 30.3 Å². The summed E-state index contributed by atoms with van der Waals surface area (Å²) in [6.07, 6.45) is 3.41. The summed E-state index contributed by atoms with van der Waals surface area (Å²) in [5, 5.41) is 14.5. The highest BCUT2D eigenvalue weighted by Gasteiger charge is 2.15. The number of nitrogens with one attached hydrogen (secondary N) is 2. The molecule has 1 amide bonds. The molecule has 0 aliphatic heterocycles. The molecule has 0 saturated carbocycles. The Morgan fingerprint density at radius 1 is 1.14 bits per heavy atom. The largest absolute Gasteiger partial charge is 0.347 e. The van der Waals surface area contributed by atoms with Crippen molar-refractivity contribution in [2.75, 3.05) is 0 Å². The number of carbonyl (C=O) groups excluding carboxylic acids is 1. The number of aromatic nitrogens is 5. The molecule has 7 nitrogen and oxygen atoms in total. The maximum Gasteiger partial charge on any atom is 0.269 e. The number of H-pyrrole nitrogens is 1. The van der Waals surface area contributed by atoms with Crippen molar-refractivity contribution in [2.45, 2.75) is 20.4 Å². The molecule has 0 fully saturated rings. The van der Waals surface area contributed by atoms with Crippen LogP contribution in [-0.2, 0) is 6.54 Å². The first-order valence-corrected chi connectivity index (χ1v) is 8.98. The molecule has 28 heavy (non-hydrogen) atoms. The maximum atomic E-state index is 12.5. The molecule has 0 aliphatic rings. The molecule has 3 aromatic heterocycles. The van der Waals surface area contributed by atoms with Gasteiger partial charge in [0.1, 0.15) is 5.69 Å². The summed E-state index contributed by atoms with van der Waals surface area (Å²) in [6.45, 7) is 4.35. The molecule has 7 heteroatoms. The average Bonchev–Trinajstić information content (AvgIpc) is 3.33. The number of hydrogen-bond donors (Lipinski definition) is 2. The third-order valence-corrected chi connectivity index (χ3v) is 4.65. The summed E-state index contributed by atoms with van der Waals surface area (Å²) in [5.41, 5.74) is 5.84. The van der Waals surface area contributed by atoms with Crippen molar-refractivity contribution in [2.24, 2.45) is 0 Å². The molecule has 0 bridgehead atoms. The fourth-order valence-electron chi connectivity index (χ4n) is 3.12. The van der Waals surface area contributed by atoms with Crippen LogP contribution in [0.1, 0.15) is 27.4 Å². The van der Waals surface area contributed by atoms with Gasteiger partial charge in [-0.15, -0.1) is 0 Å². The summed E-state index contributed by atoms with van der Waals surface area (Å²) in [7, 11) is 0. The Morgan fingerprint density at radius 2 is 1.96 bits per heavy atom. The highest BCUT2D eigenvalue weighted by molar-refractivity contribution is 5.93. The first-order valence-electron chi connectivity index (χ1n) is 8.98. The van der Waals surface area contributed by atoms with E-state index in [1.54, 1.807) is 18.5 Å². The molecule has 0 saturated heterocycles. The van der Waals surface area contributed by atoms with Crippen LogP contribution in [0.3, 0.4) is 0 Å². The van der Waals surface area contributed by atoms with Crippen molar-refractivity contribution in [3.63, 3.8) is 0 Å². The fraction of sp³-hybridized carbons (Fsp3) is 0.143. The number of pyridine rings is 1. The molecule has 1 aromatic carbocycles. The van der Waals surface area contributed by atoms with Gasteiger partial charge in [-0.2, -0.15) is 10.2 Å². The normalized spacial score (nSPS) is 10.8. The lowest BCUT2D eigenvalue weighted by Gasteiger charge is -2.06. The minimum absolute atomic E-state index is 0.214. The van der Waals surface area contributed by atoms with Crippen LogP contribution in [0.2, 0.25) is 0 Å². The van der Waals surface area contributed by atoms with Crippen molar-refractivity contribution in [1.29, 1.82) is 0 Å². The van der Waals surface area contributed by atoms with Crippen LogP contribution >= 0.6 is 0 Å². The minimum Gasteiger partial charge on any atom is -0.347 e. The van der Waals surface area contributed by atoms with Crippen LogP contribution in [0.4, 0.5) is 0 Å². The molecular weight excluding hydrogens is 352 g/mol. The lowest BCUT2D eigenvalue weighted by Crippen LogP contribution is -2.23. The smallest absolute Gasteiger partial charge is 0.269 e. The number of benzene rings is 1. The number of aryl methyl sites for hydroxylation is 1. The Morgan fingerprint density at radius 3 is 2.71 bits per heavy atom. The van der Waals surface area contributed by atoms with E-state index < -0.39 is 0 Å². The molecule has 0 atom stereocenters. The summed E-state index contributed by atoms with van der Waals surface area (Å²) in [6, 6.07) is 15.4. The maximum absolute atomic E-state index is 12.5. The number of amides is 1. The third kappa shape index (κ3) is 3.42. The molecule has 0 aliphatic carbocycles. The van der Waals surface area contributed by atoms with E-state index >= 15 is 0 Å². The molecular formula is C21H20N6O. The third-order valence-electron chi connectivity index (χ3n) is 4.65. The number of aromatic amines is 1. The Kier molecular flexibility index (Phi) is 4.72. The lowest BCUT2D eigenvalue weighted by atomic mass is 10.2. The van der Waals surface area contributed by atoms with Crippen LogP contribution < -0.4 is 5.32 Å². The van der Waals surface area contributed by atoms with Crippen LogP contribution in [0.15, 0.2) is 60.9 Å². The monoisotopic (exact) mass is 372 g/mol. The number of nitrogens with zero attached hydrogens (tertiary/aromatic N) is 4. The molecule has 4 aromatic rings. The van der Waals surface area contributed by atoms with Crippen LogP contribution in [0.25, 0.3) is 16.9 Å². The fourth-order valence-corrected chi connectivity index (χ4v) is 3.12. The van der Waals surface area contributed by atoms with Gasteiger partial charge in [-0.25, -0.2) is 4.68 Å². The van der Waals surface area contributed by atoms with Gasteiger partial charge in [0.2, 0.25) is 0 Å². The number of para-hydroxylation sites is 1. The Hall–Kier alpha value is -3.74. The Balaban J connectivity index is 1.49. The van der Waals surface area contributed by atoms with E-state index in [0.717, 1.165) is 28.2 Å². The van der Waals surface area contributed by atoms with E-state index in [0.29, 0.717) is 17.9 Å². The molecule has 0 radical (unpaired) electrons. The molecule has 0 spiro atoms. The van der Waals surface area contributed by atoms with Crippen LogP contribution in [0, 0.1) is 13.8 Å². The Labute approximate surface area is 162 Å². The van der Waals surface area contributed by atoms with E-state index in [9.17, 15) is 4.79 Å². The van der Waals surface area contributed by atoms with Gasteiger partial charge in [0.15, 0.2) is 0 Å². The number of rotatable bonds is 5. The number of carbonyl (C=O) groups is 1. The van der Waals surface area contributed by atoms with E-state index in [1.165, 1.54) is 0 Å². The van der Waals surface area contributed by atoms with E-state index in [-0.39, 0.29) is 5.91 Å². The summed E-state index contributed by atoms with van der Waals surface area (Å²) < 4.78 is 1.90. The molecule has 140 valence electrons. The van der Waals surface area contributed by atoms with E-state index in [2.05, 4.69) is 25.6 Å². The summed E-state index contributed by atoms with van der Waals surface area (Å²) in [5.74, 6) is -0.214. The predicted octanol–water partition coefficient (Wildman–Crippen LogP) is 3.20. The first kappa shape index (κ1) is 17.7. The predicted molar refractivity (Wildman–Crippen MR) is 106 cm³/mol. The van der Waals surface area contributed by atoms with Gasteiger partial charge in [0.05, 0.1) is 17.1 Å². The number of hydrogen-bond acceptors (Lipinski definition) is 4. The first-order chi connectivity index (χ1) is 13.6. The van der Waals surface area contributed by atoms with Gasteiger partial charge < -0.3 is 5.32 Å². The molecule has 2 N–H and O–H groups in total. The van der Waals surface area contributed by atoms with Crippen molar-refractivity contribution >= 4 is 5.91 Å². The quantitative estimate of drug-likeness (QED) is 0.563. The van der Waals surface area contributed by atoms with Crippen molar-refractivity contribution < 1.29 is 4.79 Å².